The van der Waals surface area contributed by atoms with Crippen molar-refractivity contribution in [3.63, 3.8) is 0 Å². The summed E-state index contributed by atoms with van der Waals surface area (Å²) in [6.45, 7) is 4.05. The third-order valence-corrected chi connectivity index (χ3v) is 67.6. The number of likely N-dealkylation sites (tertiary alicyclic amines) is 2. The molecule has 197 valence electrons. The van der Waals surface area contributed by atoms with Crippen molar-refractivity contribution in [2.75, 3.05) is 26.2 Å². The van der Waals surface area contributed by atoms with E-state index in [9.17, 15) is 9.59 Å². The second kappa shape index (κ2) is 10.5. The summed E-state index contributed by atoms with van der Waals surface area (Å²) in [4.78, 5) is 28.9. The summed E-state index contributed by atoms with van der Waals surface area (Å²) in [5, 5.41) is 0. The summed E-state index contributed by atoms with van der Waals surface area (Å²) in [5.74, 6) is 0. The Balaban J connectivity index is 1.58. The quantitative estimate of drug-likeness (QED) is 0.293. The number of hydrogen-bond acceptors (Lipinski definition) is 4. The first-order valence-corrected chi connectivity index (χ1v) is 33.7. The maximum atomic E-state index is 12.0. The summed E-state index contributed by atoms with van der Waals surface area (Å²) in [6.07, 6.45) is 10.6. The van der Waals surface area contributed by atoms with Crippen LogP contribution < -0.4 is 8.05 Å². The number of carbonyl (C=O) groups excluding carboxylic acids is 2. The number of carbonyl (C=O) groups is 2. The van der Waals surface area contributed by atoms with Gasteiger partial charge in [-0.3, -0.25) is 0 Å². The van der Waals surface area contributed by atoms with Gasteiger partial charge in [0, 0.05) is 0 Å². The molecule has 0 aromatic heterocycles. The van der Waals surface area contributed by atoms with E-state index in [0.717, 1.165) is 37.3 Å². The van der Waals surface area contributed by atoms with Crippen molar-refractivity contribution in [1.29, 1.82) is 0 Å². The molecule has 0 bridgehead atoms. The van der Waals surface area contributed by atoms with Gasteiger partial charge in [0.15, 0.2) is 0 Å². The van der Waals surface area contributed by atoms with Crippen LogP contribution >= 0.6 is 17.0 Å². The van der Waals surface area contributed by atoms with E-state index in [-0.39, 0.29) is 7.25 Å². The van der Waals surface area contributed by atoms with Gasteiger partial charge >= 0.3 is 237 Å². The molecule has 10 heteroatoms. The SMILES string of the molecule is O=C[NH][Ga]([NH]C=O)[Zr]([Cl])([Cl])([CH]1C=C(N2CCCC2)c2ccccc21)[CH]1C=C(N2CCCC2)c2ccccc21. The molecule has 2 unspecified atom stereocenters. The van der Waals surface area contributed by atoms with Gasteiger partial charge in [0.05, 0.1) is 0 Å². The van der Waals surface area contributed by atoms with Gasteiger partial charge in [-0.1, -0.05) is 0 Å². The predicted molar refractivity (Wildman–Crippen MR) is 152 cm³/mol. The van der Waals surface area contributed by atoms with Crippen molar-refractivity contribution in [3.05, 3.63) is 82.9 Å². The Morgan fingerprint density at radius 3 is 1.50 bits per heavy atom. The molecule has 2 aromatic rings. The van der Waals surface area contributed by atoms with Crippen LogP contribution in [0.1, 0.15) is 55.2 Å². The van der Waals surface area contributed by atoms with Gasteiger partial charge in [0.2, 0.25) is 0 Å². The zero-order valence-corrected chi connectivity index (χ0v) is 27.7. The van der Waals surface area contributed by atoms with Crippen molar-refractivity contribution in [2.45, 2.75) is 32.9 Å². The van der Waals surface area contributed by atoms with Crippen molar-refractivity contribution in [3.8, 4) is 0 Å². The molecule has 2 N–H and O–H groups in total. The average Bonchev–Trinajstić information content (AvgIpc) is 3.73. The number of amides is 2. The second-order valence-electron chi connectivity index (χ2n) is 10.9. The summed E-state index contributed by atoms with van der Waals surface area (Å²) < 4.78 is 5.65. The fourth-order valence-corrected chi connectivity index (χ4v) is 56.1. The van der Waals surface area contributed by atoms with Crippen molar-refractivity contribution in [2.24, 2.45) is 0 Å². The molecule has 2 amide bonds. The van der Waals surface area contributed by atoms with Gasteiger partial charge in [0.25, 0.3) is 0 Å². The zero-order valence-electron chi connectivity index (χ0n) is 21.3. The molecule has 0 spiro atoms. The molecule has 2 aliphatic heterocycles. The molecule has 2 atom stereocenters. The molecule has 6 nitrogen and oxygen atoms in total. The van der Waals surface area contributed by atoms with E-state index < -0.39 is 26.0 Å². The first-order chi connectivity index (χ1) is 18.5. The summed E-state index contributed by atoms with van der Waals surface area (Å²) in [5.41, 5.74) is 6.99. The normalized spacial score (nSPS) is 23.2. The molecule has 0 saturated carbocycles. The van der Waals surface area contributed by atoms with E-state index in [1.165, 1.54) is 48.2 Å². The van der Waals surface area contributed by atoms with E-state index >= 15 is 0 Å². The number of nitrogens with zero attached hydrogens (tertiary/aromatic N) is 2. The molecular formula is C28H32Cl2GaN4O2Zr. The van der Waals surface area contributed by atoms with Crippen molar-refractivity contribution >= 4 is 53.9 Å². The third-order valence-electron chi connectivity index (χ3n) is 8.90. The maximum absolute atomic E-state index is 12.0. The van der Waals surface area contributed by atoms with Gasteiger partial charge in [0.1, 0.15) is 0 Å². The van der Waals surface area contributed by atoms with E-state index in [1.807, 2.05) is 12.1 Å². The fourth-order valence-electron chi connectivity index (χ4n) is 7.11. The van der Waals surface area contributed by atoms with Crippen LogP contribution in [0.2, 0.25) is 0 Å². The fraction of sp³-hybridized carbons (Fsp3) is 0.357. The van der Waals surface area contributed by atoms with E-state index in [0.29, 0.717) is 12.8 Å². The Morgan fingerprint density at radius 2 is 1.11 bits per heavy atom. The molecule has 2 fully saturated rings. The molecule has 2 heterocycles. The van der Waals surface area contributed by atoms with Gasteiger partial charge in [-0.15, -0.1) is 0 Å². The molecule has 2 aliphatic carbocycles. The number of nitrogens with one attached hydrogen (secondary N) is 2. The summed E-state index contributed by atoms with van der Waals surface area (Å²) >= 11 is -8.69. The minimum absolute atomic E-state index is 0.233. The molecule has 0 radical (unpaired) electrons. The minimum atomic E-state index is -5.29. The standard InChI is InChI=1S/2C13H14N.2CH3NO.2ClH.Ga.Zr/c2*1-2-6-12-11(5-1)7-8-13(12)14-9-3-4-10-14;2*2-1-3;;;;/h2*1-2,5-8H,3-4,9-10H2;2*1H,(H2,2,3);2*1H;;/q;;;;;;2*+2/p-4. The molecule has 6 rings (SSSR count). The van der Waals surface area contributed by atoms with Crippen LogP contribution in [0.5, 0.6) is 0 Å². The van der Waals surface area contributed by atoms with E-state index in [2.05, 4.69) is 66.4 Å². The van der Waals surface area contributed by atoms with E-state index in [1.54, 1.807) is 0 Å². The zero-order chi connectivity index (χ0) is 26.4. The van der Waals surface area contributed by atoms with Gasteiger partial charge < -0.3 is 0 Å². The van der Waals surface area contributed by atoms with Crippen molar-refractivity contribution < 1.29 is 22.9 Å². The average molecular weight is 688 g/mol. The Hall–Kier alpha value is -1.44. The van der Waals surface area contributed by atoms with Crippen LogP contribution in [0.15, 0.2) is 60.7 Å². The van der Waals surface area contributed by atoms with Crippen LogP contribution in [0.4, 0.5) is 0 Å². The number of fused-ring (bicyclic) bond motifs is 2. The molecule has 2 aromatic carbocycles. The first-order valence-electron chi connectivity index (χ1n) is 13.6. The second-order valence-corrected chi connectivity index (χ2v) is 66.2. The van der Waals surface area contributed by atoms with Gasteiger partial charge in [-0.2, -0.15) is 0 Å². The monoisotopic (exact) mass is 685 g/mol. The Labute approximate surface area is 234 Å². The number of halogens is 2. The summed E-state index contributed by atoms with van der Waals surface area (Å²) in [6, 6.07) is 16.9. The number of benzene rings is 2. The van der Waals surface area contributed by atoms with E-state index in [4.69, 9.17) is 17.0 Å². The van der Waals surface area contributed by atoms with Crippen molar-refractivity contribution in [1.82, 2.24) is 17.8 Å². The number of allylic oxidation sites excluding steroid dienone is 2. The molecule has 4 aliphatic rings. The van der Waals surface area contributed by atoms with Crippen LogP contribution in [-0.4, -0.2) is 61.4 Å². The van der Waals surface area contributed by atoms with Crippen LogP contribution in [0, 0.1) is 0 Å². The first kappa shape index (κ1) is 26.8. The number of hydrogen-bond donors (Lipinski definition) is 2. The predicted octanol–water partition coefficient (Wildman–Crippen LogP) is 4.84. The third kappa shape index (κ3) is 4.17. The Kier molecular flexibility index (Phi) is 7.40. The molecule has 38 heavy (non-hydrogen) atoms. The summed E-state index contributed by atoms with van der Waals surface area (Å²) in [7, 11) is 16.4. The Morgan fingerprint density at radius 1 is 0.711 bits per heavy atom. The van der Waals surface area contributed by atoms with Gasteiger partial charge in [-0.25, -0.2) is 0 Å². The van der Waals surface area contributed by atoms with Gasteiger partial charge in [-0.05, 0) is 0 Å². The van der Waals surface area contributed by atoms with Crippen LogP contribution in [-0.2, 0) is 22.9 Å². The van der Waals surface area contributed by atoms with Crippen LogP contribution in [0.3, 0.4) is 0 Å². The Bertz CT molecular complexity index is 1230. The topological polar surface area (TPSA) is 64.7 Å². The number of rotatable bonds is 9. The van der Waals surface area contributed by atoms with Crippen LogP contribution in [0.25, 0.3) is 11.4 Å². The molecule has 2 saturated heterocycles. The molecular weight excluding hydrogens is 656 g/mol.